The van der Waals surface area contributed by atoms with Gasteiger partial charge in [0.2, 0.25) is 0 Å². The van der Waals surface area contributed by atoms with Gasteiger partial charge in [0.25, 0.3) is 5.69 Å². The number of benzene rings is 1. The lowest BCUT2D eigenvalue weighted by Gasteiger charge is -2.37. The first-order chi connectivity index (χ1) is 11.2. The van der Waals surface area contributed by atoms with Gasteiger partial charge in [-0.05, 0) is 18.9 Å². The molecule has 122 valence electrons. The minimum absolute atomic E-state index is 0.0395. The summed E-state index contributed by atoms with van der Waals surface area (Å²) >= 11 is 0. The van der Waals surface area contributed by atoms with Crippen LogP contribution in [-0.2, 0) is 4.74 Å². The Labute approximate surface area is 135 Å². The first-order valence-electron chi connectivity index (χ1n) is 7.95. The van der Waals surface area contributed by atoms with Crippen LogP contribution in [0.25, 0.3) is 0 Å². The SMILES string of the molecule is N#Cc1cc([N+](=O)[O-])ccc1N1CCN(CC2CCCO2)CC1. The smallest absolute Gasteiger partial charge is 0.270 e. The van der Waals surface area contributed by atoms with Crippen LogP contribution in [0.2, 0.25) is 0 Å². The van der Waals surface area contributed by atoms with Gasteiger partial charge in [-0.2, -0.15) is 5.26 Å². The highest BCUT2D eigenvalue weighted by Gasteiger charge is 2.24. The number of hydrogen-bond acceptors (Lipinski definition) is 6. The van der Waals surface area contributed by atoms with E-state index in [0.717, 1.165) is 57.9 Å². The molecule has 0 N–H and O–H groups in total. The lowest BCUT2D eigenvalue weighted by Crippen LogP contribution is -2.48. The van der Waals surface area contributed by atoms with Crippen LogP contribution in [0.15, 0.2) is 18.2 Å². The molecule has 1 aromatic carbocycles. The number of piperazine rings is 1. The predicted molar refractivity (Wildman–Crippen MR) is 85.4 cm³/mol. The second kappa shape index (κ2) is 6.94. The molecule has 3 rings (SSSR count). The van der Waals surface area contributed by atoms with Gasteiger partial charge in [-0.15, -0.1) is 0 Å². The van der Waals surface area contributed by atoms with Gasteiger partial charge in [0, 0.05) is 51.5 Å². The van der Waals surface area contributed by atoms with E-state index in [1.165, 1.54) is 12.1 Å². The molecule has 0 amide bonds. The van der Waals surface area contributed by atoms with Crippen molar-refractivity contribution in [2.75, 3.05) is 44.2 Å². The molecule has 23 heavy (non-hydrogen) atoms. The van der Waals surface area contributed by atoms with Crippen molar-refractivity contribution < 1.29 is 9.66 Å². The number of hydrogen-bond donors (Lipinski definition) is 0. The second-order valence-corrected chi connectivity index (χ2v) is 5.99. The fourth-order valence-electron chi connectivity index (χ4n) is 3.25. The Kier molecular flexibility index (Phi) is 4.74. The molecule has 0 saturated carbocycles. The lowest BCUT2D eigenvalue weighted by molar-refractivity contribution is -0.384. The molecule has 2 saturated heterocycles. The number of nitro groups is 1. The maximum atomic E-state index is 10.8. The van der Waals surface area contributed by atoms with Crippen LogP contribution in [0.3, 0.4) is 0 Å². The monoisotopic (exact) mass is 316 g/mol. The molecule has 0 radical (unpaired) electrons. The van der Waals surface area contributed by atoms with Crippen molar-refractivity contribution in [1.29, 1.82) is 5.26 Å². The molecule has 2 aliphatic rings. The summed E-state index contributed by atoms with van der Waals surface area (Å²) in [6.07, 6.45) is 2.65. The lowest BCUT2D eigenvalue weighted by atomic mass is 10.1. The highest BCUT2D eigenvalue weighted by molar-refractivity contribution is 5.63. The van der Waals surface area contributed by atoms with Crippen LogP contribution in [0.4, 0.5) is 11.4 Å². The number of nitro benzene ring substituents is 1. The third-order valence-corrected chi connectivity index (χ3v) is 4.51. The third-order valence-electron chi connectivity index (χ3n) is 4.51. The average Bonchev–Trinajstić information content (AvgIpc) is 3.08. The number of nitrogens with zero attached hydrogens (tertiary/aromatic N) is 4. The van der Waals surface area contributed by atoms with Gasteiger partial charge < -0.3 is 9.64 Å². The van der Waals surface area contributed by atoms with Crippen molar-refractivity contribution >= 4 is 11.4 Å². The van der Waals surface area contributed by atoms with Crippen LogP contribution in [0.5, 0.6) is 0 Å². The molecular formula is C16H20N4O3. The summed E-state index contributed by atoms with van der Waals surface area (Å²) in [5.41, 5.74) is 1.11. The van der Waals surface area contributed by atoms with Crippen LogP contribution >= 0.6 is 0 Å². The van der Waals surface area contributed by atoms with Crippen LogP contribution in [0, 0.1) is 21.4 Å². The van der Waals surface area contributed by atoms with Gasteiger partial charge in [-0.1, -0.05) is 0 Å². The minimum atomic E-state index is -0.468. The van der Waals surface area contributed by atoms with E-state index < -0.39 is 4.92 Å². The molecule has 1 aromatic rings. The zero-order chi connectivity index (χ0) is 16.2. The fraction of sp³-hybridized carbons (Fsp3) is 0.562. The van der Waals surface area contributed by atoms with Gasteiger partial charge >= 0.3 is 0 Å². The van der Waals surface area contributed by atoms with E-state index in [2.05, 4.69) is 15.9 Å². The van der Waals surface area contributed by atoms with Crippen molar-refractivity contribution in [3.05, 3.63) is 33.9 Å². The summed E-state index contributed by atoms with van der Waals surface area (Å²) in [6.45, 7) is 5.32. The maximum absolute atomic E-state index is 10.8. The predicted octanol–water partition coefficient (Wildman–Crippen LogP) is 1.77. The van der Waals surface area contributed by atoms with E-state index in [9.17, 15) is 15.4 Å². The Bertz CT molecular complexity index is 614. The molecule has 0 aliphatic carbocycles. The molecular weight excluding hydrogens is 296 g/mol. The molecule has 1 atom stereocenters. The standard InChI is InChI=1S/C16H20N4O3/c17-11-13-10-14(20(21)22)3-4-16(13)19-7-5-18(6-8-19)12-15-2-1-9-23-15/h3-4,10,15H,1-2,5-9,12H2. The molecule has 0 spiro atoms. The number of rotatable bonds is 4. The Morgan fingerprint density at radius 2 is 2.13 bits per heavy atom. The fourth-order valence-corrected chi connectivity index (χ4v) is 3.25. The van der Waals surface area contributed by atoms with Gasteiger partial charge in [0.05, 0.1) is 22.3 Å². The molecule has 7 heteroatoms. The zero-order valence-electron chi connectivity index (χ0n) is 13.0. The number of anilines is 1. The zero-order valence-corrected chi connectivity index (χ0v) is 13.0. The third kappa shape index (κ3) is 3.60. The van der Waals surface area contributed by atoms with Gasteiger partial charge in [0.15, 0.2) is 0 Å². The summed E-state index contributed by atoms with van der Waals surface area (Å²) in [4.78, 5) is 14.9. The summed E-state index contributed by atoms with van der Waals surface area (Å²) in [5.74, 6) is 0. The largest absolute Gasteiger partial charge is 0.377 e. The molecule has 7 nitrogen and oxygen atoms in total. The Hall–Kier alpha value is -2.17. The highest BCUT2D eigenvalue weighted by atomic mass is 16.6. The normalized spacial score (nSPS) is 22.0. The number of nitriles is 1. The molecule has 0 aromatic heterocycles. The van der Waals surface area contributed by atoms with E-state index in [1.54, 1.807) is 6.07 Å². The number of ether oxygens (including phenoxy) is 1. The average molecular weight is 316 g/mol. The maximum Gasteiger partial charge on any atom is 0.270 e. The van der Waals surface area contributed by atoms with E-state index in [4.69, 9.17) is 4.74 Å². The summed E-state index contributed by atoms with van der Waals surface area (Å²) < 4.78 is 5.68. The van der Waals surface area contributed by atoms with Crippen molar-refractivity contribution in [2.45, 2.75) is 18.9 Å². The second-order valence-electron chi connectivity index (χ2n) is 5.99. The van der Waals surface area contributed by atoms with Gasteiger partial charge in [-0.25, -0.2) is 0 Å². The van der Waals surface area contributed by atoms with E-state index in [-0.39, 0.29) is 5.69 Å². The highest BCUT2D eigenvalue weighted by Crippen LogP contribution is 2.26. The molecule has 2 fully saturated rings. The molecule has 2 aliphatic heterocycles. The number of non-ortho nitro benzene ring substituents is 1. The van der Waals surface area contributed by atoms with Crippen molar-refractivity contribution in [3.63, 3.8) is 0 Å². The van der Waals surface area contributed by atoms with E-state index in [1.807, 2.05) is 0 Å². The van der Waals surface area contributed by atoms with Crippen LogP contribution in [-0.4, -0.2) is 55.3 Å². The van der Waals surface area contributed by atoms with E-state index >= 15 is 0 Å². The van der Waals surface area contributed by atoms with Gasteiger partial charge in [-0.3, -0.25) is 15.0 Å². The molecule has 0 bridgehead atoms. The van der Waals surface area contributed by atoms with Crippen molar-refractivity contribution in [2.24, 2.45) is 0 Å². The van der Waals surface area contributed by atoms with Crippen molar-refractivity contribution in [3.8, 4) is 6.07 Å². The van der Waals surface area contributed by atoms with Crippen molar-refractivity contribution in [1.82, 2.24) is 4.90 Å². The quantitative estimate of drug-likeness (QED) is 0.622. The molecule has 2 heterocycles. The first kappa shape index (κ1) is 15.7. The Balaban J connectivity index is 1.63. The van der Waals surface area contributed by atoms with E-state index in [0.29, 0.717) is 11.7 Å². The topological polar surface area (TPSA) is 82.6 Å². The first-order valence-corrected chi connectivity index (χ1v) is 7.95. The summed E-state index contributed by atoms with van der Waals surface area (Å²) in [6, 6.07) is 6.59. The molecule has 1 unspecified atom stereocenters. The minimum Gasteiger partial charge on any atom is -0.377 e. The Morgan fingerprint density at radius 3 is 2.74 bits per heavy atom. The van der Waals surface area contributed by atoms with Crippen LogP contribution < -0.4 is 4.90 Å². The van der Waals surface area contributed by atoms with Crippen LogP contribution in [0.1, 0.15) is 18.4 Å². The summed E-state index contributed by atoms with van der Waals surface area (Å²) in [5, 5.41) is 20.1. The van der Waals surface area contributed by atoms with Gasteiger partial charge in [0.1, 0.15) is 6.07 Å². The Morgan fingerprint density at radius 1 is 1.35 bits per heavy atom. The summed E-state index contributed by atoms with van der Waals surface area (Å²) in [7, 11) is 0.